The Kier molecular flexibility index (Phi) is 11.6. The molecule has 0 saturated carbocycles. The minimum atomic E-state index is -0.979. The van der Waals surface area contributed by atoms with Gasteiger partial charge in [0.05, 0.1) is 19.2 Å². The normalized spacial score (nSPS) is 15.2. The lowest BCUT2D eigenvalue weighted by atomic mass is 9.94. The Morgan fingerprint density at radius 1 is 0.881 bits per heavy atom. The Labute approximate surface area is 251 Å². The lowest BCUT2D eigenvalue weighted by Gasteiger charge is -2.25. The van der Waals surface area contributed by atoms with Gasteiger partial charge in [0.2, 0.25) is 0 Å². The highest BCUT2D eigenvalue weighted by Crippen LogP contribution is 2.39. The summed E-state index contributed by atoms with van der Waals surface area (Å²) in [5, 5.41) is 28.0. The molecule has 0 N–H and O–H groups in total. The van der Waals surface area contributed by atoms with Gasteiger partial charge in [-0.25, -0.2) is 0 Å². The molecule has 0 radical (unpaired) electrons. The van der Waals surface area contributed by atoms with Crippen LogP contribution in [0.15, 0.2) is 71.5 Å². The van der Waals surface area contributed by atoms with Crippen molar-refractivity contribution in [3.05, 3.63) is 88.2 Å². The summed E-state index contributed by atoms with van der Waals surface area (Å²) in [6.45, 7) is 10.3. The fraction of sp³-hybridized carbons (Fsp3) is 0.361. The van der Waals surface area contributed by atoms with Crippen LogP contribution in [0.5, 0.6) is 5.75 Å². The molecule has 2 aromatic rings. The van der Waals surface area contributed by atoms with E-state index in [0.717, 1.165) is 35.5 Å². The molecule has 1 heterocycles. The minimum absolute atomic E-state index is 0.272. The summed E-state index contributed by atoms with van der Waals surface area (Å²) in [7, 11) is 1.72. The van der Waals surface area contributed by atoms with E-state index < -0.39 is 11.5 Å². The van der Waals surface area contributed by atoms with Gasteiger partial charge in [0.1, 0.15) is 28.8 Å². The van der Waals surface area contributed by atoms with E-state index in [4.69, 9.17) is 20.0 Å². The second kappa shape index (κ2) is 15.3. The topological polar surface area (TPSA) is 93.1 Å². The predicted octanol–water partition coefficient (Wildman–Crippen LogP) is 8.46. The van der Waals surface area contributed by atoms with Crippen molar-refractivity contribution in [2.75, 3.05) is 25.1 Å². The van der Waals surface area contributed by atoms with Crippen LogP contribution in [0.2, 0.25) is 0 Å². The van der Waals surface area contributed by atoms with Gasteiger partial charge in [-0.1, -0.05) is 75.3 Å². The number of benzene rings is 2. The molecule has 1 aliphatic rings. The summed E-state index contributed by atoms with van der Waals surface area (Å²) in [6.07, 6.45) is 14.0. The number of ether oxygens (including phenoxy) is 2. The Bertz CT molecular complexity index is 1450. The number of rotatable bonds is 13. The van der Waals surface area contributed by atoms with Crippen LogP contribution in [0, 0.1) is 39.9 Å². The summed E-state index contributed by atoms with van der Waals surface area (Å²) in [5.41, 5.74) is 4.52. The molecule has 3 rings (SSSR count). The fourth-order valence-corrected chi connectivity index (χ4v) is 4.77. The zero-order chi connectivity index (χ0) is 30.5. The molecule has 0 saturated heterocycles. The standard InChI is InChI=1S/C36H40N4O2/c1-6-8-20-40(21-9-7-2)31-18-17-30(34(23-31)41-5)16-14-27-10-12-28(13-11-27)15-19-33-32(26-39)35(42-36(33,3)4)22-29(24-37)25-38/h10-19,22-23,29H,6-9,20-21H2,1-5H3/b16-14+,19-15+,35-22-. The third kappa shape index (κ3) is 8.15. The Morgan fingerprint density at radius 2 is 1.48 bits per heavy atom. The quantitative estimate of drug-likeness (QED) is 0.228. The Hall–Kier alpha value is -4.73. The van der Waals surface area contributed by atoms with E-state index in [0.29, 0.717) is 11.1 Å². The van der Waals surface area contributed by atoms with Crippen LogP contribution in [-0.2, 0) is 4.74 Å². The third-order valence-corrected chi connectivity index (χ3v) is 7.22. The van der Waals surface area contributed by atoms with Crippen LogP contribution in [0.3, 0.4) is 0 Å². The van der Waals surface area contributed by atoms with Gasteiger partial charge in [-0.2, -0.15) is 15.8 Å². The number of nitrogens with zero attached hydrogens (tertiary/aromatic N) is 4. The molecule has 0 spiro atoms. The van der Waals surface area contributed by atoms with Crippen molar-refractivity contribution in [1.82, 2.24) is 0 Å². The van der Waals surface area contributed by atoms with Crippen LogP contribution >= 0.6 is 0 Å². The number of nitriles is 3. The largest absolute Gasteiger partial charge is 0.496 e. The SMILES string of the molecule is CCCCN(CCCC)c1ccc(/C=C/c2ccc(/C=C/C3=C(C#N)C(=C/C(C#N)C#N)/OC3(C)C)cc2)c(OC)c1. The van der Waals surface area contributed by atoms with E-state index in [1.807, 2.05) is 62.4 Å². The molecule has 6 nitrogen and oxygen atoms in total. The molecule has 0 amide bonds. The molecule has 1 aliphatic heterocycles. The van der Waals surface area contributed by atoms with Crippen molar-refractivity contribution >= 4 is 23.9 Å². The molecule has 0 fully saturated rings. The predicted molar refractivity (Wildman–Crippen MR) is 170 cm³/mol. The van der Waals surface area contributed by atoms with Crippen molar-refractivity contribution in [3.8, 4) is 24.0 Å². The van der Waals surface area contributed by atoms with Crippen molar-refractivity contribution in [1.29, 1.82) is 15.8 Å². The van der Waals surface area contributed by atoms with Crippen LogP contribution in [0.4, 0.5) is 5.69 Å². The molecule has 42 heavy (non-hydrogen) atoms. The second-order valence-electron chi connectivity index (χ2n) is 10.7. The molecular weight excluding hydrogens is 520 g/mol. The summed E-state index contributed by atoms with van der Waals surface area (Å²) >= 11 is 0. The number of hydrogen-bond acceptors (Lipinski definition) is 6. The van der Waals surface area contributed by atoms with Crippen LogP contribution < -0.4 is 9.64 Å². The molecular formula is C36H40N4O2. The van der Waals surface area contributed by atoms with Gasteiger partial charge >= 0.3 is 0 Å². The van der Waals surface area contributed by atoms with E-state index in [-0.39, 0.29) is 5.76 Å². The van der Waals surface area contributed by atoms with Gasteiger partial charge < -0.3 is 14.4 Å². The molecule has 0 aromatic heterocycles. The zero-order valence-corrected chi connectivity index (χ0v) is 25.4. The van der Waals surface area contributed by atoms with E-state index in [2.05, 4.69) is 55.2 Å². The maximum atomic E-state index is 9.78. The third-order valence-electron chi connectivity index (χ3n) is 7.22. The first-order chi connectivity index (χ1) is 20.3. The van der Waals surface area contributed by atoms with Crippen LogP contribution in [-0.4, -0.2) is 25.8 Å². The fourth-order valence-electron chi connectivity index (χ4n) is 4.77. The highest BCUT2D eigenvalue weighted by molar-refractivity contribution is 5.75. The second-order valence-corrected chi connectivity index (χ2v) is 10.7. The minimum Gasteiger partial charge on any atom is -0.496 e. The van der Waals surface area contributed by atoms with Gasteiger partial charge in [0, 0.05) is 36.0 Å². The molecule has 0 aliphatic carbocycles. The van der Waals surface area contributed by atoms with Gasteiger partial charge in [0.15, 0.2) is 5.92 Å². The molecule has 0 unspecified atom stereocenters. The first kappa shape index (κ1) is 31.8. The van der Waals surface area contributed by atoms with Gasteiger partial charge in [-0.3, -0.25) is 0 Å². The monoisotopic (exact) mass is 560 g/mol. The Morgan fingerprint density at radius 3 is 2.00 bits per heavy atom. The number of unbranched alkanes of at least 4 members (excludes halogenated alkanes) is 2. The number of allylic oxidation sites excluding steroid dienone is 2. The number of hydrogen-bond donors (Lipinski definition) is 0. The summed E-state index contributed by atoms with van der Waals surface area (Å²) in [4.78, 5) is 2.45. The molecule has 6 heteroatoms. The van der Waals surface area contributed by atoms with Crippen molar-refractivity contribution in [2.24, 2.45) is 5.92 Å². The molecule has 216 valence electrons. The lowest BCUT2D eigenvalue weighted by molar-refractivity contribution is 0.0954. The van der Waals surface area contributed by atoms with Crippen molar-refractivity contribution in [2.45, 2.75) is 59.0 Å². The number of methoxy groups -OCH3 is 1. The highest BCUT2D eigenvalue weighted by Gasteiger charge is 2.37. The Balaban J connectivity index is 1.78. The van der Waals surface area contributed by atoms with Crippen molar-refractivity contribution < 1.29 is 9.47 Å². The average Bonchev–Trinajstić information content (AvgIpc) is 3.25. The maximum Gasteiger partial charge on any atom is 0.155 e. The lowest BCUT2D eigenvalue weighted by Crippen LogP contribution is -2.25. The number of anilines is 1. The summed E-state index contributed by atoms with van der Waals surface area (Å²) in [6, 6.07) is 20.5. The maximum absolute atomic E-state index is 9.78. The zero-order valence-electron chi connectivity index (χ0n) is 25.4. The van der Waals surface area contributed by atoms with Gasteiger partial charge in [0.25, 0.3) is 0 Å². The van der Waals surface area contributed by atoms with Crippen LogP contribution in [0.25, 0.3) is 18.2 Å². The molecule has 0 bridgehead atoms. The van der Waals surface area contributed by atoms with E-state index in [1.165, 1.54) is 37.4 Å². The first-order valence-electron chi connectivity index (χ1n) is 14.5. The summed E-state index contributed by atoms with van der Waals surface area (Å²) in [5.74, 6) is 0.148. The van der Waals surface area contributed by atoms with Crippen LogP contribution in [0.1, 0.15) is 70.1 Å². The molecule has 0 atom stereocenters. The van der Waals surface area contributed by atoms with E-state index in [1.54, 1.807) is 7.11 Å². The van der Waals surface area contributed by atoms with Gasteiger partial charge in [-0.15, -0.1) is 0 Å². The first-order valence-corrected chi connectivity index (χ1v) is 14.5. The van der Waals surface area contributed by atoms with E-state index in [9.17, 15) is 5.26 Å². The van der Waals surface area contributed by atoms with Crippen molar-refractivity contribution in [3.63, 3.8) is 0 Å². The smallest absolute Gasteiger partial charge is 0.155 e. The summed E-state index contributed by atoms with van der Waals surface area (Å²) < 4.78 is 11.7. The van der Waals surface area contributed by atoms with Gasteiger partial charge in [-0.05, 0) is 56.0 Å². The highest BCUT2D eigenvalue weighted by atomic mass is 16.5. The van der Waals surface area contributed by atoms with E-state index >= 15 is 0 Å². The molecule has 2 aromatic carbocycles. The average molecular weight is 561 g/mol.